The van der Waals surface area contributed by atoms with Crippen LogP contribution in [0.25, 0.3) is 0 Å². The van der Waals surface area contributed by atoms with Crippen molar-refractivity contribution in [3.05, 3.63) is 47.5 Å². The molecule has 162 valence electrons. The lowest BCUT2D eigenvalue weighted by Gasteiger charge is -2.18. The molecule has 0 atom stereocenters. The van der Waals surface area contributed by atoms with E-state index in [0.717, 1.165) is 0 Å². The summed E-state index contributed by atoms with van der Waals surface area (Å²) in [5.41, 5.74) is 1.02. The maximum Gasteiger partial charge on any atom is 0.256 e. The Morgan fingerprint density at radius 3 is 2.57 bits per heavy atom. The molecule has 0 aliphatic carbocycles. The van der Waals surface area contributed by atoms with Crippen molar-refractivity contribution >= 4 is 37.3 Å². The number of phenols is 1. The zero-order valence-corrected chi connectivity index (χ0v) is 18.2. The summed E-state index contributed by atoms with van der Waals surface area (Å²) in [6, 6.07) is 8.33. The first kappa shape index (κ1) is 22.1. The number of nitrogens with one attached hydrogen (secondary N) is 2. The number of aromatic hydroxyl groups is 1. The summed E-state index contributed by atoms with van der Waals surface area (Å²) >= 11 is 0. The van der Waals surface area contributed by atoms with Crippen molar-refractivity contribution in [3.8, 4) is 5.75 Å². The standard InChI is InChI=1S/C19H23N3O6S2/c1-3-20-30(27,28)15-7-5-13(2)16(12-15)19(24)21-17-11-14(6-8-18(17)23)22-9-4-10-29(22,25)26/h5-8,11-12,20,23H,3-4,9-10H2,1-2H3,(H,21,24). The smallest absolute Gasteiger partial charge is 0.256 e. The van der Waals surface area contributed by atoms with Gasteiger partial charge in [-0.15, -0.1) is 0 Å². The predicted molar refractivity (Wildman–Crippen MR) is 114 cm³/mol. The molecule has 3 rings (SSSR count). The van der Waals surface area contributed by atoms with Gasteiger partial charge in [-0.2, -0.15) is 0 Å². The minimum atomic E-state index is -3.75. The lowest BCUT2D eigenvalue weighted by Crippen LogP contribution is -2.25. The van der Waals surface area contributed by atoms with Crippen LogP contribution in [0.3, 0.4) is 0 Å². The molecule has 2 aromatic carbocycles. The van der Waals surface area contributed by atoms with Crippen molar-refractivity contribution in [2.75, 3.05) is 28.5 Å². The van der Waals surface area contributed by atoms with E-state index in [0.29, 0.717) is 24.2 Å². The van der Waals surface area contributed by atoms with Gasteiger partial charge in [0.2, 0.25) is 20.0 Å². The van der Waals surface area contributed by atoms with Crippen molar-refractivity contribution in [2.24, 2.45) is 0 Å². The molecular formula is C19H23N3O6S2. The minimum absolute atomic E-state index is 0.0268. The fraction of sp³-hybridized carbons (Fsp3) is 0.316. The summed E-state index contributed by atoms with van der Waals surface area (Å²) in [4.78, 5) is 12.8. The molecule has 0 aromatic heterocycles. The van der Waals surface area contributed by atoms with Crippen LogP contribution in [-0.2, 0) is 20.0 Å². The molecule has 11 heteroatoms. The fourth-order valence-electron chi connectivity index (χ4n) is 3.18. The number of rotatable bonds is 6. The second-order valence-electron chi connectivity index (χ2n) is 6.88. The van der Waals surface area contributed by atoms with Gasteiger partial charge >= 0.3 is 0 Å². The van der Waals surface area contributed by atoms with Crippen LogP contribution in [0.1, 0.15) is 29.3 Å². The number of nitrogens with zero attached hydrogens (tertiary/aromatic N) is 1. The monoisotopic (exact) mass is 453 g/mol. The van der Waals surface area contributed by atoms with E-state index < -0.39 is 26.0 Å². The molecule has 1 heterocycles. The topological polar surface area (TPSA) is 133 Å². The van der Waals surface area contributed by atoms with Crippen molar-refractivity contribution in [2.45, 2.75) is 25.2 Å². The second kappa shape index (κ2) is 8.25. The Bertz CT molecular complexity index is 1190. The number of amides is 1. The van der Waals surface area contributed by atoms with Gasteiger partial charge in [-0.1, -0.05) is 13.0 Å². The number of sulfonamides is 2. The summed E-state index contributed by atoms with van der Waals surface area (Å²) in [5.74, 6) is -0.822. The lowest BCUT2D eigenvalue weighted by atomic mass is 10.1. The van der Waals surface area contributed by atoms with E-state index >= 15 is 0 Å². The summed E-state index contributed by atoms with van der Waals surface area (Å²) in [7, 11) is -7.17. The molecule has 0 radical (unpaired) electrons. The predicted octanol–water partition coefficient (Wildman–Crippen LogP) is 1.79. The Hall–Kier alpha value is -2.63. The molecule has 0 bridgehead atoms. The Labute approximate surface area is 175 Å². The van der Waals surface area contributed by atoms with Gasteiger partial charge in [0.15, 0.2) is 0 Å². The third kappa shape index (κ3) is 4.42. The van der Waals surface area contributed by atoms with Crippen molar-refractivity contribution < 1.29 is 26.7 Å². The molecular weight excluding hydrogens is 430 g/mol. The zero-order valence-electron chi connectivity index (χ0n) is 16.5. The largest absolute Gasteiger partial charge is 0.506 e. The molecule has 0 unspecified atom stereocenters. The van der Waals surface area contributed by atoms with Gasteiger partial charge in [0, 0.05) is 18.7 Å². The zero-order chi connectivity index (χ0) is 22.1. The van der Waals surface area contributed by atoms with Gasteiger partial charge in [0.1, 0.15) is 5.75 Å². The highest BCUT2D eigenvalue weighted by molar-refractivity contribution is 7.93. The summed E-state index contributed by atoms with van der Waals surface area (Å²) in [5, 5.41) is 12.7. The van der Waals surface area contributed by atoms with Crippen LogP contribution in [0.5, 0.6) is 5.75 Å². The van der Waals surface area contributed by atoms with E-state index in [4.69, 9.17) is 0 Å². The third-order valence-electron chi connectivity index (χ3n) is 4.71. The van der Waals surface area contributed by atoms with E-state index in [-0.39, 0.29) is 34.2 Å². The molecule has 1 fully saturated rings. The average molecular weight is 454 g/mol. The van der Waals surface area contributed by atoms with Gasteiger partial charge in [-0.3, -0.25) is 9.10 Å². The molecule has 0 saturated carbocycles. The lowest BCUT2D eigenvalue weighted by molar-refractivity contribution is 0.102. The van der Waals surface area contributed by atoms with Crippen LogP contribution in [0, 0.1) is 6.92 Å². The van der Waals surface area contributed by atoms with Gasteiger partial charge in [-0.05, 0) is 49.2 Å². The Morgan fingerprint density at radius 2 is 1.93 bits per heavy atom. The van der Waals surface area contributed by atoms with E-state index in [1.54, 1.807) is 13.8 Å². The van der Waals surface area contributed by atoms with Crippen LogP contribution < -0.4 is 14.3 Å². The highest BCUT2D eigenvalue weighted by Gasteiger charge is 2.29. The summed E-state index contributed by atoms with van der Waals surface area (Å²) < 4.78 is 52.4. The number of aryl methyl sites for hydroxylation is 1. The van der Waals surface area contributed by atoms with Crippen LogP contribution in [0.2, 0.25) is 0 Å². The summed E-state index contributed by atoms with van der Waals surface area (Å²) in [6.07, 6.45) is 0.497. The van der Waals surface area contributed by atoms with Gasteiger partial charge in [0.25, 0.3) is 5.91 Å². The number of hydrogen-bond donors (Lipinski definition) is 3. The van der Waals surface area contributed by atoms with Gasteiger partial charge in [0.05, 0.1) is 22.0 Å². The molecule has 2 aromatic rings. The highest BCUT2D eigenvalue weighted by Crippen LogP contribution is 2.32. The first-order valence-corrected chi connectivity index (χ1v) is 12.4. The molecule has 1 aliphatic heterocycles. The number of hydrogen-bond acceptors (Lipinski definition) is 6. The van der Waals surface area contributed by atoms with E-state index in [1.807, 2.05) is 0 Å². The Balaban J connectivity index is 1.92. The fourth-order valence-corrected chi connectivity index (χ4v) is 5.81. The first-order chi connectivity index (χ1) is 14.0. The van der Waals surface area contributed by atoms with Gasteiger partial charge in [-0.25, -0.2) is 21.6 Å². The van der Waals surface area contributed by atoms with E-state index in [2.05, 4.69) is 10.0 Å². The SMILES string of the molecule is CCNS(=O)(=O)c1ccc(C)c(C(=O)Nc2cc(N3CCCS3(=O)=O)ccc2O)c1. The second-order valence-corrected chi connectivity index (χ2v) is 10.7. The first-order valence-electron chi connectivity index (χ1n) is 9.30. The van der Waals surface area contributed by atoms with E-state index in [9.17, 15) is 26.7 Å². The van der Waals surface area contributed by atoms with Crippen LogP contribution in [0.4, 0.5) is 11.4 Å². The molecule has 1 saturated heterocycles. The van der Waals surface area contributed by atoms with Crippen LogP contribution in [-0.4, -0.2) is 46.7 Å². The Kier molecular flexibility index (Phi) is 6.06. The number of carbonyl (C=O) groups is 1. The molecule has 1 aliphatic rings. The van der Waals surface area contributed by atoms with E-state index in [1.165, 1.54) is 40.7 Å². The molecule has 3 N–H and O–H groups in total. The maximum atomic E-state index is 12.8. The molecule has 0 spiro atoms. The number of benzene rings is 2. The quantitative estimate of drug-likeness (QED) is 0.571. The molecule has 30 heavy (non-hydrogen) atoms. The number of phenolic OH excluding ortho intramolecular Hbond substituents is 1. The molecule has 9 nitrogen and oxygen atoms in total. The Morgan fingerprint density at radius 1 is 1.20 bits per heavy atom. The third-order valence-corrected chi connectivity index (χ3v) is 8.13. The van der Waals surface area contributed by atoms with Crippen LogP contribution in [0.15, 0.2) is 41.3 Å². The average Bonchev–Trinajstić information content (AvgIpc) is 3.02. The minimum Gasteiger partial charge on any atom is -0.506 e. The van der Waals surface area contributed by atoms with Crippen molar-refractivity contribution in [1.82, 2.24) is 4.72 Å². The van der Waals surface area contributed by atoms with Crippen molar-refractivity contribution in [3.63, 3.8) is 0 Å². The number of anilines is 2. The maximum absolute atomic E-state index is 12.8. The normalized spacial score (nSPS) is 15.9. The van der Waals surface area contributed by atoms with Gasteiger partial charge < -0.3 is 10.4 Å². The van der Waals surface area contributed by atoms with Crippen LogP contribution >= 0.6 is 0 Å². The summed E-state index contributed by atoms with van der Waals surface area (Å²) in [6.45, 7) is 3.84. The highest BCUT2D eigenvalue weighted by atomic mass is 32.2. The number of carbonyl (C=O) groups excluding carboxylic acids is 1. The molecule has 1 amide bonds. The van der Waals surface area contributed by atoms with Crippen molar-refractivity contribution in [1.29, 1.82) is 0 Å².